The molecule has 0 unspecified atom stereocenters. The van der Waals surface area contributed by atoms with Gasteiger partial charge < -0.3 is 19.7 Å². The molecule has 2 aromatic heterocycles. The normalized spacial score (nSPS) is 24.4. The average molecular weight is 446 g/mol. The van der Waals surface area contributed by atoms with Crippen molar-refractivity contribution in [1.82, 2.24) is 19.5 Å². The van der Waals surface area contributed by atoms with E-state index in [9.17, 15) is 9.50 Å². The number of nitrogens with one attached hydrogen (secondary N) is 1. The molecule has 3 atom stereocenters. The Morgan fingerprint density at radius 2 is 2.26 bits per heavy atom. The van der Waals surface area contributed by atoms with Crippen LogP contribution in [0.2, 0.25) is 5.02 Å². The molecule has 4 heterocycles. The first-order valence-electron chi connectivity index (χ1n) is 10.4. The summed E-state index contributed by atoms with van der Waals surface area (Å²) >= 11 is 6.41. The molecular weight excluding hydrogens is 421 g/mol. The lowest BCUT2D eigenvalue weighted by Crippen LogP contribution is -2.42. The highest BCUT2D eigenvalue weighted by Crippen LogP contribution is 2.26. The standard InChI is InChI=1S/C22H25ClFN5O2/c1-4-16(24)20-21-14(6-5-12(2)29(21)13(3)26-20)9-18-15(23)10-25-22(28-18)27-17-7-8-31-11-19(17)30/h1,10,12,17,19,30H,5-9,11H2,2-3H3,(H,25,27,28)/b20-16-/t12-,17+,19+/m0/s1. The summed E-state index contributed by atoms with van der Waals surface area (Å²) in [6.45, 7) is 4.78. The molecular formula is C22H25ClFN5O2. The van der Waals surface area contributed by atoms with Gasteiger partial charge in [0.2, 0.25) is 11.8 Å². The van der Waals surface area contributed by atoms with E-state index in [2.05, 4.69) is 33.1 Å². The number of aryl methyl sites for hydroxylation is 1. The predicted molar refractivity (Wildman–Crippen MR) is 117 cm³/mol. The molecule has 1 fully saturated rings. The fourth-order valence-electron chi connectivity index (χ4n) is 4.30. The quantitative estimate of drug-likeness (QED) is 0.696. The summed E-state index contributed by atoms with van der Waals surface area (Å²) in [7, 11) is 0. The summed E-state index contributed by atoms with van der Waals surface area (Å²) in [5, 5.41) is 14.6. The number of terminal acetylenes is 1. The summed E-state index contributed by atoms with van der Waals surface area (Å²) in [5.41, 5.74) is 1.61. The van der Waals surface area contributed by atoms with Crippen molar-refractivity contribution in [1.29, 1.82) is 0 Å². The molecule has 1 saturated heterocycles. The Bertz CT molecular complexity index is 1160. The number of fused-ring (bicyclic) bond motifs is 1. The van der Waals surface area contributed by atoms with Gasteiger partial charge in [-0.25, -0.2) is 15.0 Å². The minimum Gasteiger partial charge on any atom is -0.389 e. The zero-order valence-electron chi connectivity index (χ0n) is 17.5. The lowest BCUT2D eigenvalue weighted by molar-refractivity contribution is -0.0136. The van der Waals surface area contributed by atoms with Crippen LogP contribution in [0, 0.1) is 19.3 Å². The summed E-state index contributed by atoms with van der Waals surface area (Å²) in [4.78, 5) is 13.2. The largest absolute Gasteiger partial charge is 0.389 e. The highest BCUT2D eigenvalue weighted by atomic mass is 35.5. The van der Waals surface area contributed by atoms with Crippen LogP contribution in [0.25, 0.3) is 11.4 Å². The van der Waals surface area contributed by atoms with Crippen LogP contribution in [-0.4, -0.2) is 50.0 Å². The highest BCUT2D eigenvalue weighted by Gasteiger charge is 2.25. The van der Waals surface area contributed by atoms with Crippen molar-refractivity contribution < 1.29 is 14.2 Å². The Morgan fingerprint density at radius 3 is 3.00 bits per heavy atom. The maximum Gasteiger partial charge on any atom is 0.223 e. The molecule has 0 radical (unpaired) electrons. The van der Waals surface area contributed by atoms with E-state index in [1.807, 2.05) is 11.5 Å². The number of hydrogen-bond donors (Lipinski definition) is 2. The summed E-state index contributed by atoms with van der Waals surface area (Å²) in [6, 6.07) is -0.000325. The van der Waals surface area contributed by atoms with E-state index in [0.717, 1.165) is 29.6 Å². The van der Waals surface area contributed by atoms with Crippen LogP contribution in [0.5, 0.6) is 0 Å². The van der Waals surface area contributed by atoms with Crippen LogP contribution in [0.1, 0.15) is 43.7 Å². The number of imidazole rings is 1. The molecule has 0 aromatic carbocycles. The smallest absolute Gasteiger partial charge is 0.223 e. The first kappa shape index (κ1) is 21.8. The number of ether oxygens (including phenoxy) is 1. The molecule has 4 rings (SSSR count). The van der Waals surface area contributed by atoms with Gasteiger partial charge in [-0.3, -0.25) is 0 Å². The van der Waals surface area contributed by atoms with Crippen LogP contribution in [0.4, 0.5) is 10.3 Å². The van der Waals surface area contributed by atoms with E-state index in [1.165, 1.54) is 0 Å². The van der Waals surface area contributed by atoms with Crippen molar-refractivity contribution in [3.63, 3.8) is 0 Å². The van der Waals surface area contributed by atoms with Gasteiger partial charge in [0, 0.05) is 19.1 Å². The molecule has 31 heavy (non-hydrogen) atoms. The van der Waals surface area contributed by atoms with Crippen LogP contribution in [0.3, 0.4) is 0 Å². The molecule has 0 aliphatic carbocycles. The highest BCUT2D eigenvalue weighted by molar-refractivity contribution is 6.31. The Kier molecular flexibility index (Phi) is 6.28. The van der Waals surface area contributed by atoms with Crippen molar-refractivity contribution in [3.8, 4) is 12.3 Å². The minimum absolute atomic E-state index is 0.193. The van der Waals surface area contributed by atoms with Gasteiger partial charge in [0.25, 0.3) is 0 Å². The van der Waals surface area contributed by atoms with E-state index in [-0.39, 0.29) is 24.0 Å². The number of anilines is 1. The minimum atomic E-state index is -0.673. The SMILES string of the molecule is C#C/C(F)=c1/nc(C)n2c1=C(Cc1nc(N[C@@H]3CCOC[C@H]3O)ncc1Cl)CC[C@@H]2C. The van der Waals surface area contributed by atoms with E-state index in [0.29, 0.717) is 36.1 Å². The molecule has 0 bridgehead atoms. The molecule has 9 heteroatoms. The Balaban J connectivity index is 1.74. The fraction of sp³-hybridized carbons (Fsp3) is 0.500. The predicted octanol–water partition coefficient (Wildman–Crippen LogP) is 1.66. The third-order valence-electron chi connectivity index (χ3n) is 5.90. The van der Waals surface area contributed by atoms with Gasteiger partial charge in [-0.2, -0.15) is 4.39 Å². The maximum absolute atomic E-state index is 14.4. The van der Waals surface area contributed by atoms with Crippen molar-refractivity contribution >= 4 is 28.9 Å². The number of aromatic nitrogens is 4. The van der Waals surface area contributed by atoms with Crippen molar-refractivity contribution in [2.24, 2.45) is 0 Å². The van der Waals surface area contributed by atoms with Crippen LogP contribution in [-0.2, 0) is 11.2 Å². The molecule has 0 saturated carbocycles. The maximum atomic E-state index is 14.4. The van der Waals surface area contributed by atoms with Gasteiger partial charge in [-0.05, 0) is 44.6 Å². The molecule has 2 aliphatic rings. The van der Waals surface area contributed by atoms with E-state index in [4.69, 9.17) is 22.8 Å². The van der Waals surface area contributed by atoms with E-state index in [1.54, 1.807) is 6.20 Å². The Hall–Kier alpha value is -2.47. The van der Waals surface area contributed by atoms with Crippen molar-refractivity contribution in [2.75, 3.05) is 18.5 Å². The molecule has 0 amide bonds. The first-order chi connectivity index (χ1) is 14.9. The summed E-state index contributed by atoms with van der Waals surface area (Å²) in [6.07, 6.45) is 8.98. The Morgan fingerprint density at radius 1 is 1.45 bits per heavy atom. The third kappa shape index (κ3) is 4.31. The van der Waals surface area contributed by atoms with E-state index < -0.39 is 11.9 Å². The van der Waals surface area contributed by atoms with Crippen LogP contribution < -0.4 is 16.0 Å². The molecule has 0 spiro atoms. The average Bonchev–Trinajstić information content (AvgIpc) is 3.12. The van der Waals surface area contributed by atoms with Crippen molar-refractivity contribution in [3.05, 3.63) is 33.4 Å². The number of hydrogen-bond acceptors (Lipinski definition) is 6. The molecule has 2 N–H and O–H groups in total. The van der Waals surface area contributed by atoms with Gasteiger partial charge in [0.15, 0.2) is 0 Å². The zero-order chi connectivity index (χ0) is 22.1. The van der Waals surface area contributed by atoms with Gasteiger partial charge in [0.1, 0.15) is 11.2 Å². The molecule has 2 aliphatic heterocycles. The monoisotopic (exact) mass is 445 g/mol. The summed E-state index contributed by atoms with van der Waals surface area (Å²) < 4.78 is 21.7. The fourth-order valence-corrected chi connectivity index (χ4v) is 4.46. The van der Waals surface area contributed by atoms with Gasteiger partial charge >= 0.3 is 0 Å². The number of aliphatic hydroxyl groups excluding tert-OH is 1. The second-order valence-electron chi connectivity index (χ2n) is 8.02. The lowest BCUT2D eigenvalue weighted by Gasteiger charge is -2.28. The second-order valence-corrected chi connectivity index (χ2v) is 8.43. The van der Waals surface area contributed by atoms with Crippen LogP contribution >= 0.6 is 11.6 Å². The van der Waals surface area contributed by atoms with Gasteiger partial charge in [-0.1, -0.05) is 11.6 Å². The third-order valence-corrected chi connectivity index (χ3v) is 6.22. The number of aliphatic hydroxyl groups is 1. The van der Waals surface area contributed by atoms with Crippen molar-refractivity contribution in [2.45, 2.75) is 57.7 Å². The molecule has 2 aromatic rings. The lowest BCUT2D eigenvalue weighted by atomic mass is 9.97. The number of nitrogens with zero attached hydrogens (tertiary/aromatic N) is 4. The topological polar surface area (TPSA) is 85.1 Å². The summed E-state index contributed by atoms with van der Waals surface area (Å²) in [5.74, 6) is 2.52. The zero-order valence-corrected chi connectivity index (χ0v) is 18.3. The van der Waals surface area contributed by atoms with Gasteiger partial charge in [0.05, 0.1) is 41.0 Å². The first-order valence-corrected chi connectivity index (χ1v) is 10.7. The molecule has 7 nitrogen and oxygen atoms in total. The number of halogens is 2. The molecule has 164 valence electrons. The van der Waals surface area contributed by atoms with Gasteiger partial charge in [-0.15, -0.1) is 6.42 Å². The van der Waals surface area contributed by atoms with Crippen LogP contribution in [0.15, 0.2) is 6.20 Å². The Labute approximate surface area is 185 Å². The number of rotatable bonds is 4. The second kappa shape index (κ2) is 8.95. The van der Waals surface area contributed by atoms with E-state index >= 15 is 0 Å².